The van der Waals surface area contributed by atoms with E-state index in [2.05, 4.69) is 67.6 Å². The van der Waals surface area contributed by atoms with Crippen molar-refractivity contribution in [2.75, 3.05) is 13.2 Å². The lowest BCUT2D eigenvalue weighted by Crippen LogP contribution is -1.97. The van der Waals surface area contributed by atoms with E-state index in [1.54, 1.807) is 0 Å². The van der Waals surface area contributed by atoms with Crippen LogP contribution in [0.2, 0.25) is 0 Å². The zero-order valence-electron chi connectivity index (χ0n) is 19.5. The molecule has 2 heteroatoms. The Morgan fingerprint density at radius 2 is 1.16 bits per heavy atom. The summed E-state index contributed by atoms with van der Waals surface area (Å²) in [4.78, 5) is 0. The molecule has 0 aromatic heterocycles. The van der Waals surface area contributed by atoms with Gasteiger partial charge in [0.15, 0.2) is 0 Å². The van der Waals surface area contributed by atoms with Crippen LogP contribution in [0.1, 0.15) is 94.2 Å². The first-order chi connectivity index (χ1) is 15.3. The standard InChI is InChI=1S/C29H42O2/c1-2-3-13-26-14-16-27(17-15-26)18-19-28-20-22-29(23-21-28)31-25-12-10-8-6-4-5-7-9-11-24-30/h14-23,30H,2-13,24-25H2,1H3. The van der Waals surface area contributed by atoms with Crippen molar-refractivity contribution < 1.29 is 9.84 Å². The Balaban J connectivity index is 1.57. The summed E-state index contributed by atoms with van der Waals surface area (Å²) in [5.74, 6) is 0.960. The van der Waals surface area contributed by atoms with E-state index in [9.17, 15) is 0 Å². The van der Waals surface area contributed by atoms with Crippen LogP contribution >= 0.6 is 0 Å². The van der Waals surface area contributed by atoms with E-state index >= 15 is 0 Å². The summed E-state index contributed by atoms with van der Waals surface area (Å²) in [7, 11) is 0. The maximum absolute atomic E-state index is 8.77. The Morgan fingerprint density at radius 3 is 1.71 bits per heavy atom. The van der Waals surface area contributed by atoms with Gasteiger partial charge in [0.2, 0.25) is 0 Å². The van der Waals surface area contributed by atoms with Crippen molar-refractivity contribution in [2.24, 2.45) is 0 Å². The van der Waals surface area contributed by atoms with Crippen LogP contribution in [-0.2, 0) is 6.42 Å². The molecular formula is C29H42O2. The lowest BCUT2D eigenvalue weighted by Gasteiger charge is -2.06. The summed E-state index contributed by atoms with van der Waals surface area (Å²) in [6.45, 7) is 3.38. The van der Waals surface area contributed by atoms with Crippen molar-refractivity contribution in [2.45, 2.75) is 84.0 Å². The van der Waals surface area contributed by atoms with Crippen LogP contribution in [0.15, 0.2) is 48.5 Å². The molecule has 0 unspecified atom stereocenters. The summed E-state index contributed by atoms with van der Waals surface area (Å²) < 4.78 is 5.89. The van der Waals surface area contributed by atoms with Crippen molar-refractivity contribution >= 4 is 12.2 Å². The van der Waals surface area contributed by atoms with Gasteiger partial charge in [-0.05, 0) is 54.5 Å². The SMILES string of the molecule is CCCCc1ccc(C=Cc2ccc(OCCCCCCCCCCCO)cc2)cc1. The monoisotopic (exact) mass is 422 g/mol. The molecule has 0 atom stereocenters. The van der Waals surface area contributed by atoms with Crippen LogP contribution in [0, 0.1) is 0 Å². The molecule has 1 N–H and O–H groups in total. The number of benzene rings is 2. The van der Waals surface area contributed by atoms with Gasteiger partial charge in [-0.15, -0.1) is 0 Å². The smallest absolute Gasteiger partial charge is 0.119 e. The second-order valence-corrected chi connectivity index (χ2v) is 8.50. The van der Waals surface area contributed by atoms with Crippen LogP contribution in [0.25, 0.3) is 12.2 Å². The molecule has 170 valence electrons. The number of ether oxygens (including phenoxy) is 1. The Kier molecular flexibility index (Phi) is 13.5. The van der Waals surface area contributed by atoms with Crippen LogP contribution in [-0.4, -0.2) is 18.3 Å². The molecule has 0 saturated carbocycles. The molecule has 0 heterocycles. The van der Waals surface area contributed by atoms with Crippen molar-refractivity contribution in [1.82, 2.24) is 0 Å². The number of hydrogen-bond acceptors (Lipinski definition) is 2. The maximum Gasteiger partial charge on any atom is 0.119 e. The number of aliphatic hydroxyl groups excluding tert-OH is 1. The number of unbranched alkanes of at least 4 members (excludes halogenated alkanes) is 9. The molecule has 0 saturated heterocycles. The molecule has 0 aliphatic rings. The van der Waals surface area contributed by atoms with E-state index in [0.717, 1.165) is 25.2 Å². The second-order valence-electron chi connectivity index (χ2n) is 8.50. The fourth-order valence-electron chi connectivity index (χ4n) is 3.69. The van der Waals surface area contributed by atoms with Crippen molar-refractivity contribution in [3.8, 4) is 5.75 Å². The van der Waals surface area contributed by atoms with Gasteiger partial charge in [0.25, 0.3) is 0 Å². The van der Waals surface area contributed by atoms with Crippen molar-refractivity contribution in [1.29, 1.82) is 0 Å². The highest BCUT2D eigenvalue weighted by molar-refractivity contribution is 5.69. The average Bonchev–Trinajstić information content (AvgIpc) is 2.81. The fourth-order valence-corrected chi connectivity index (χ4v) is 3.69. The highest BCUT2D eigenvalue weighted by Crippen LogP contribution is 2.16. The molecule has 2 rings (SSSR count). The molecule has 0 aliphatic heterocycles. The zero-order chi connectivity index (χ0) is 22.0. The highest BCUT2D eigenvalue weighted by Gasteiger charge is 1.97. The van der Waals surface area contributed by atoms with Crippen LogP contribution in [0.5, 0.6) is 5.75 Å². The summed E-state index contributed by atoms with van der Waals surface area (Å²) in [5.41, 5.74) is 3.86. The Morgan fingerprint density at radius 1 is 0.645 bits per heavy atom. The minimum atomic E-state index is 0.340. The quantitative estimate of drug-likeness (QED) is 0.206. The molecule has 2 aromatic carbocycles. The summed E-state index contributed by atoms with van der Waals surface area (Å²) in [6.07, 6.45) is 19.0. The third-order valence-electron chi connectivity index (χ3n) is 5.72. The third-order valence-corrected chi connectivity index (χ3v) is 5.72. The molecule has 2 aromatic rings. The molecule has 0 aliphatic carbocycles. The zero-order valence-corrected chi connectivity index (χ0v) is 19.5. The van der Waals surface area contributed by atoms with Gasteiger partial charge >= 0.3 is 0 Å². The summed E-state index contributed by atoms with van der Waals surface area (Å²) in [6, 6.07) is 17.3. The van der Waals surface area contributed by atoms with E-state index < -0.39 is 0 Å². The van der Waals surface area contributed by atoms with Gasteiger partial charge in [0.05, 0.1) is 6.61 Å². The predicted octanol–water partition coefficient (Wildman–Crippen LogP) is 8.08. The minimum absolute atomic E-state index is 0.340. The van der Waals surface area contributed by atoms with Crippen molar-refractivity contribution in [3.63, 3.8) is 0 Å². The van der Waals surface area contributed by atoms with Gasteiger partial charge in [-0.3, -0.25) is 0 Å². The largest absolute Gasteiger partial charge is 0.494 e. The van der Waals surface area contributed by atoms with Gasteiger partial charge in [0.1, 0.15) is 5.75 Å². The third kappa shape index (κ3) is 11.8. The van der Waals surface area contributed by atoms with E-state index in [1.807, 2.05) is 0 Å². The first-order valence-electron chi connectivity index (χ1n) is 12.4. The normalized spacial score (nSPS) is 11.3. The first kappa shape index (κ1) is 25.2. The molecule has 0 spiro atoms. The maximum atomic E-state index is 8.77. The first-order valence-corrected chi connectivity index (χ1v) is 12.4. The van der Waals surface area contributed by atoms with Gasteiger partial charge in [0, 0.05) is 6.61 Å². The molecule has 0 radical (unpaired) electrons. The Bertz CT molecular complexity index is 701. The van der Waals surface area contributed by atoms with Crippen molar-refractivity contribution in [3.05, 3.63) is 65.2 Å². The van der Waals surface area contributed by atoms with E-state index in [-0.39, 0.29) is 0 Å². The number of aryl methyl sites for hydroxylation is 1. The number of aliphatic hydroxyl groups is 1. The molecular weight excluding hydrogens is 380 g/mol. The number of rotatable bonds is 17. The van der Waals surface area contributed by atoms with E-state index in [0.29, 0.717) is 6.61 Å². The van der Waals surface area contributed by atoms with Gasteiger partial charge in [-0.2, -0.15) is 0 Å². The van der Waals surface area contributed by atoms with Gasteiger partial charge in [-0.25, -0.2) is 0 Å². The predicted molar refractivity (Wildman–Crippen MR) is 135 cm³/mol. The highest BCUT2D eigenvalue weighted by atomic mass is 16.5. The Hall–Kier alpha value is -2.06. The van der Waals surface area contributed by atoms with Gasteiger partial charge < -0.3 is 9.84 Å². The van der Waals surface area contributed by atoms with E-state index in [1.165, 1.54) is 80.9 Å². The lowest BCUT2D eigenvalue weighted by molar-refractivity contribution is 0.282. The lowest BCUT2D eigenvalue weighted by atomic mass is 10.1. The molecule has 31 heavy (non-hydrogen) atoms. The second kappa shape index (κ2) is 16.6. The topological polar surface area (TPSA) is 29.5 Å². The molecule has 0 bridgehead atoms. The Labute approximate surface area is 190 Å². The minimum Gasteiger partial charge on any atom is -0.494 e. The summed E-state index contributed by atoms with van der Waals surface area (Å²) >= 11 is 0. The molecule has 2 nitrogen and oxygen atoms in total. The van der Waals surface area contributed by atoms with E-state index in [4.69, 9.17) is 9.84 Å². The number of hydrogen-bond donors (Lipinski definition) is 1. The van der Waals surface area contributed by atoms with Crippen LogP contribution < -0.4 is 4.74 Å². The van der Waals surface area contributed by atoms with Crippen LogP contribution in [0.4, 0.5) is 0 Å². The fraction of sp³-hybridized carbons (Fsp3) is 0.517. The van der Waals surface area contributed by atoms with Gasteiger partial charge in [-0.1, -0.05) is 107 Å². The molecule has 0 fully saturated rings. The average molecular weight is 423 g/mol. The molecule has 0 amide bonds. The van der Waals surface area contributed by atoms with Crippen LogP contribution in [0.3, 0.4) is 0 Å². The summed E-state index contributed by atoms with van der Waals surface area (Å²) in [5, 5.41) is 8.77.